The van der Waals surface area contributed by atoms with Crippen LogP contribution in [0.15, 0.2) is 11.2 Å². The minimum atomic E-state index is 0. The van der Waals surface area contributed by atoms with Crippen molar-refractivity contribution in [3.05, 3.63) is 16.1 Å². The summed E-state index contributed by atoms with van der Waals surface area (Å²) >= 11 is 1.71. The molecule has 1 aliphatic rings. The zero-order valence-corrected chi connectivity index (χ0v) is 18.2. The summed E-state index contributed by atoms with van der Waals surface area (Å²) in [4.78, 5) is 15.2. The molecule has 0 spiro atoms. The minimum absolute atomic E-state index is 0. The third-order valence-corrected chi connectivity index (χ3v) is 4.82. The smallest absolute Gasteiger partial charge is 0.191 e. The fraction of sp³-hybridized carbons (Fsp3) is 0.750. The third-order valence-electron chi connectivity index (χ3n) is 3.92. The van der Waals surface area contributed by atoms with Crippen LogP contribution in [0.25, 0.3) is 0 Å². The molecule has 0 aliphatic carbocycles. The van der Waals surface area contributed by atoms with Gasteiger partial charge < -0.3 is 20.4 Å². The first kappa shape index (κ1) is 21.6. The standard InChI is InChI=1S/C16H30N6S.HI/c1-4-17-16(20-13-15-19-12-14(2)23-15)18-6-9-22-8-5-7-21(3)10-11-22;/h12H,4-11,13H2,1-3H3,(H2,17,18,20);1H. The highest BCUT2D eigenvalue weighted by Gasteiger charge is 2.11. The van der Waals surface area contributed by atoms with Gasteiger partial charge >= 0.3 is 0 Å². The number of nitrogens with one attached hydrogen (secondary N) is 2. The van der Waals surface area contributed by atoms with Gasteiger partial charge in [0.25, 0.3) is 0 Å². The lowest BCUT2D eigenvalue weighted by Crippen LogP contribution is -2.42. The number of likely N-dealkylation sites (N-methyl/N-ethyl adjacent to an activating group) is 1. The number of rotatable bonds is 6. The van der Waals surface area contributed by atoms with Gasteiger partial charge in [0.2, 0.25) is 0 Å². The number of nitrogens with zero attached hydrogens (tertiary/aromatic N) is 4. The predicted molar refractivity (Wildman–Crippen MR) is 114 cm³/mol. The molecule has 0 aromatic carbocycles. The van der Waals surface area contributed by atoms with Crippen LogP contribution in [0.3, 0.4) is 0 Å². The number of aromatic nitrogens is 1. The molecule has 0 saturated carbocycles. The summed E-state index contributed by atoms with van der Waals surface area (Å²) < 4.78 is 0. The van der Waals surface area contributed by atoms with Crippen molar-refractivity contribution in [2.24, 2.45) is 4.99 Å². The summed E-state index contributed by atoms with van der Waals surface area (Å²) in [6.07, 6.45) is 3.17. The number of aliphatic imine (C=N–C) groups is 1. The molecule has 1 aliphatic heterocycles. The number of hydrogen-bond donors (Lipinski definition) is 2. The minimum Gasteiger partial charge on any atom is -0.357 e. The Morgan fingerprint density at radius 3 is 2.83 bits per heavy atom. The van der Waals surface area contributed by atoms with E-state index in [-0.39, 0.29) is 24.0 Å². The lowest BCUT2D eigenvalue weighted by Gasteiger charge is -2.21. The Hall–Kier alpha value is -0.450. The van der Waals surface area contributed by atoms with Gasteiger partial charge in [-0.3, -0.25) is 0 Å². The zero-order chi connectivity index (χ0) is 16.5. The molecule has 1 aromatic rings. The van der Waals surface area contributed by atoms with E-state index in [0.717, 1.165) is 43.7 Å². The van der Waals surface area contributed by atoms with E-state index in [9.17, 15) is 0 Å². The molecule has 0 bridgehead atoms. The van der Waals surface area contributed by atoms with E-state index >= 15 is 0 Å². The van der Waals surface area contributed by atoms with Gasteiger partial charge in [-0.2, -0.15) is 0 Å². The Kier molecular flexibility index (Phi) is 10.8. The SMILES string of the molecule is CCNC(=NCc1ncc(C)s1)NCCN1CCCN(C)CC1.I. The van der Waals surface area contributed by atoms with E-state index in [0.29, 0.717) is 6.54 Å². The van der Waals surface area contributed by atoms with Gasteiger partial charge in [-0.15, -0.1) is 35.3 Å². The predicted octanol–water partition coefficient (Wildman–Crippen LogP) is 1.76. The molecule has 1 aromatic heterocycles. The van der Waals surface area contributed by atoms with Crippen LogP contribution in [0.5, 0.6) is 0 Å². The first-order valence-electron chi connectivity index (χ1n) is 8.51. The van der Waals surface area contributed by atoms with Crippen molar-refractivity contribution in [1.29, 1.82) is 0 Å². The van der Waals surface area contributed by atoms with Crippen molar-refractivity contribution >= 4 is 41.3 Å². The van der Waals surface area contributed by atoms with Gasteiger partial charge in [0.05, 0.1) is 6.54 Å². The highest BCUT2D eigenvalue weighted by molar-refractivity contribution is 14.0. The van der Waals surface area contributed by atoms with Crippen molar-refractivity contribution in [3.63, 3.8) is 0 Å². The Labute approximate surface area is 167 Å². The second-order valence-corrected chi connectivity index (χ2v) is 7.30. The van der Waals surface area contributed by atoms with Crippen molar-refractivity contribution in [3.8, 4) is 0 Å². The summed E-state index contributed by atoms with van der Waals surface area (Å²) in [6.45, 7) is 12.4. The number of aryl methyl sites for hydroxylation is 1. The summed E-state index contributed by atoms with van der Waals surface area (Å²) in [7, 11) is 2.21. The van der Waals surface area contributed by atoms with Crippen molar-refractivity contribution in [2.75, 3.05) is 52.9 Å². The molecule has 6 nitrogen and oxygen atoms in total. The van der Waals surface area contributed by atoms with Crippen LogP contribution in [0.2, 0.25) is 0 Å². The topological polar surface area (TPSA) is 55.8 Å². The van der Waals surface area contributed by atoms with Crippen LogP contribution >= 0.6 is 35.3 Å². The van der Waals surface area contributed by atoms with Gasteiger partial charge in [0.15, 0.2) is 5.96 Å². The molecule has 0 unspecified atom stereocenters. The van der Waals surface area contributed by atoms with Crippen LogP contribution < -0.4 is 10.6 Å². The molecule has 0 atom stereocenters. The van der Waals surface area contributed by atoms with E-state index in [2.05, 4.69) is 51.3 Å². The number of halogens is 1. The van der Waals surface area contributed by atoms with E-state index < -0.39 is 0 Å². The maximum Gasteiger partial charge on any atom is 0.191 e. The van der Waals surface area contributed by atoms with Crippen LogP contribution in [0.1, 0.15) is 23.2 Å². The van der Waals surface area contributed by atoms with E-state index in [4.69, 9.17) is 0 Å². The lowest BCUT2D eigenvalue weighted by atomic mass is 10.4. The molecular formula is C16H31IN6S. The van der Waals surface area contributed by atoms with Crippen LogP contribution in [-0.4, -0.2) is 73.6 Å². The van der Waals surface area contributed by atoms with Crippen LogP contribution in [0, 0.1) is 6.92 Å². The van der Waals surface area contributed by atoms with E-state index in [1.807, 2.05) is 6.20 Å². The van der Waals surface area contributed by atoms with Gasteiger partial charge in [0.1, 0.15) is 5.01 Å². The molecule has 24 heavy (non-hydrogen) atoms. The molecular weight excluding hydrogens is 435 g/mol. The van der Waals surface area contributed by atoms with Crippen LogP contribution in [0.4, 0.5) is 0 Å². The monoisotopic (exact) mass is 466 g/mol. The zero-order valence-electron chi connectivity index (χ0n) is 15.0. The second-order valence-electron chi connectivity index (χ2n) is 5.99. The Balaban J connectivity index is 0.00000288. The van der Waals surface area contributed by atoms with Gasteiger partial charge in [0, 0.05) is 43.8 Å². The first-order valence-corrected chi connectivity index (χ1v) is 9.33. The Bertz CT molecular complexity index is 493. The van der Waals surface area contributed by atoms with Gasteiger partial charge in [-0.25, -0.2) is 9.98 Å². The molecule has 8 heteroatoms. The highest BCUT2D eigenvalue weighted by Crippen LogP contribution is 2.11. The maximum absolute atomic E-state index is 4.63. The molecule has 0 amide bonds. The molecule has 1 fully saturated rings. The normalized spacial score (nSPS) is 17.2. The molecule has 2 heterocycles. The van der Waals surface area contributed by atoms with Gasteiger partial charge in [-0.1, -0.05) is 0 Å². The number of hydrogen-bond acceptors (Lipinski definition) is 5. The summed E-state index contributed by atoms with van der Waals surface area (Å²) in [5.74, 6) is 0.882. The molecule has 2 N–H and O–H groups in total. The fourth-order valence-electron chi connectivity index (χ4n) is 2.62. The first-order chi connectivity index (χ1) is 11.2. The second kappa shape index (κ2) is 12.0. The quantitative estimate of drug-likeness (QED) is 0.380. The highest BCUT2D eigenvalue weighted by atomic mass is 127. The number of guanidine groups is 1. The summed E-state index contributed by atoms with van der Waals surface area (Å²) in [6, 6.07) is 0. The van der Waals surface area contributed by atoms with Crippen molar-refractivity contribution in [1.82, 2.24) is 25.4 Å². The number of thiazole rings is 1. The van der Waals surface area contributed by atoms with Crippen molar-refractivity contribution in [2.45, 2.75) is 26.8 Å². The molecule has 138 valence electrons. The molecule has 0 radical (unpaired) electrons. The third kappa shape index (κ3) is 8.09. The molecule has 1 saturated heterocycles. The fourth-order valence-corrected chi connectivity index (χ4v) is 3.33. The largest absolute Gasteiger partial charge is 0.357 e. The van der Waals surface area contributed by atoms with Crippen molar-refractivity contribution < 1.29 is 0 Å². The average Bonchev–Trinajstić information content (AvgIpc) is 2.83. The maximum atomic E-state index is 4.63. The van der Waals surface area contributed by atoms with Gasteiger partial charge in [-0.05, 0) is 40.4 Å². The lowest BCUT2D eigenvalue weighted by molar-refractivity contribution is 0.280. The van der Waals surface area contributed by atoms with Crippen LogP contribution in [-0.2, 0) is 6.54 Å². The Morgan fingerprint density at radius 1 is 1.29 bits per heavy atom. The Morgan fingerprint density at radius 2 is 2.12 bits per heavy atom. The van der Waals surface area contributed by atoms with E-state index in [1.165, 1.54) is 24.4 Å². The van der Waals surface area contributed by atoms with E-state index in [1.54, 1.807) is 11.3 Å². The molecule has 2 rings (SSSR count). The average molecular weight is 466 g/mol. The summed E-state index contributed by atoms with van der Waals surface area (Å²) in [5, 5.41) is 7.81. The summed E-state index contributed by atoms with van der Waals surface area (Å²) in [5.41, 5.74) is 0.